The van der Waals surface area contributed by atoms with E-state index in [0.29, 0.717) is 0 Å². The topological polar surface area (TPSA) is 21.3 Å². The maximum atomic E-state index is 14.0. The average molecular weight is 464 g/mol. The molecule has 0 fully saturated rings. The van der Waals surface area contributed by atoms with Crippen LogP contribution in [0.1, 0.15) is 24.1 Å². The molecule has 0 radical (unpaired) electrons. The van der Waals surface area contributed by atoms with Crippen LogP contribution in [0.4, 0.5) is 4.39 Å². The smallest absolute Gasteiger partial charge is 0.165 e. The summed E-state index contributed by atoms with van der Waals surface area (Å²) in [6.07, 6.45) is 0. The minimum atomic E-state index is -0.345. The first-order valence-electron chi connectivity index (χ1n) is 6.58. The molecule has 0 amide bonds. The molecule has 1 unspecified atom stereocenters. The predicted octanol–water partition coefficient (Wildman–Crippen LogP) is 4.90. The second-order valence-electron chi connectivity index (χ2n) is 4.55. The van der Waals surface area contributed by atoms with Crippen molar-refractivity contribution in [2.45, 2.75) is 13.0 Å². The fraction of sp³-hybridized carbons (Fsp3) is 0.250. The number of ether oxygens (including phenoxy) is 1. The third-order valence-corrected chi connectivity index (χ3v) is 4.66. The SMILES string of the molecule is CCNC(c1ccc(OC)c(F)c1)c1cc(Br)ccc1I. The van der Waals surface area contributed by atoms with Crippen LogP contribution >= 0.6 is 38.5 Å². The Balaban J connectivity index is 2.48. The molecule has 0 aromatic heterocycles. The van der Waals surface area contributed by atoms with E-state index < -0.39 is 0 Å². The van der Waals surface area contributed by atoms with Crippen LogP contribution in [0.3, 0.4) is 0 Å². The van der Waals surface area contributed by atoms with Gasteiger partial charge in [0.2, 0.25) is 0 Å². The minimum absolute atomic E-state index is 0.0557. The Morgan fingerprint density at radius 1 is 1.29 bits per heavy atom. The van der Waals surface area contributed by atoms with Crippen molar-refractivity contribution in [1.82, 2.24) is 5.32 Å². The van der Waals surface area contributed by atoms with Gasteiger partial charge in [0, 0.05) is 8.04 Å². The Bertz CT molecular complexity index is 636. The molecule has 2 aromatic rings. The van der Waals surface area contributed by atoms with Gasteiger partial charge < -0.3 is 10.1 Å². The normalized spacial score (nSPS) is 12.2. The fourth-order valence-corrected chi connectivity index (χ4v) is 3.24. The van der Waals surface area contributed by atoms with E-state index in [1.807, 2.05) is 25.1 Å². The molecule has 1 atom stereocenters. The summed E-state index contributed by atoms with van der Waals surface area (Å²) in [6, 6.07) is 11.2. The van der Waals surface area contributed by atoms with E-state index in [9.17, 15) is 4.39 Å². The number of hydrogen-bond acceptors (Lipinski definition) is 2. The molecule has 0 saturated heterocycles. The van der Waals surface area contributed by atoms with Crippen LogP contribution in [0.5, 0.6) is 5.75 Å². The Labute approximate surface area is 146 Å². The summed E-state index contributed by atoms with van der Waals surface area (Å²) < 4.78 is 21.1. The van der Waals surface area contributed by atoms with Gasteiger partial charge in [0.25, 0.3) is 0 Å². The molecule has 0 aliphatic heterocycles. The highest BCUT2D eigenvalue weighted by Gasteiger charge is 2.18. The zero-order valence-corrected chi connectivity index (χ0v) is 15.5. The maximum Gasteiger partial charge on any atom is 0.165 e. The summed E-state index contributed by atoms with van der Waals surface area (Å²) in [4.78, 5) is 0. The van der Waals surface area contributed by atoms with E-state index in [0.717, 1.165) is 25.7 Å². The highest BCUT2D eigenvalue weighted by Crippen LogP contribution is 2.31. The van der Waals surface area contributed by atoms with Crippen molar-refractivity contribution in [2.75, 3.05) is 13.7 Å². The molecule has 2 aromatic carbocycles. The van der Waals surface area contributed by atoms with E-state index >= 15 is 0 Å². The standard InChI is InChI=1S/C16H16BrFINO/c1-3-20-16(12-9-11(17)5-6-14(12)19)10-4-7-15(21-2)13(18)8-10/h4-9,16,20H,3H2,1-2H3. The van der Waals surface area contributed by atoms with E-state index in [2.05, 4.69) is 49.9 Å². The number of methoxy groups -OCH3 is 1. The quantitative estimate of drug-likeness (QED) is 0.636. The molecule has 5 heteroatoms. The van der Waals surface area contributed by atoms with Crippen LogP contribution < -0.4 is 10.1 Å². The molecule has 2 rings (SSSR count). The molecule has 0 aliphatic carbocycles. The van der Waals surface area contributed by atoms with Gasteiger partial charge in [-0.25, -0.2) is 4.39 Å². The van der Waals surface area contributed by atoms with Gasteiger partial charge in [-0.1, -0.05) is 28.9 Å². The molecule has 0 heterocycles. The van der Waals surface area contributed by atoms with Crippen molar-refractivity contribution in [2.24, 2.45) is 0 Å². The summed E-state index contributed by atoms with van der Waals surface area (Å²) in [5, 5.41) is 3.41. The van der Waals surface area contributed by atoms with Crippen molar-refractivity contribution in [1.29, 1.82) is 0 Å². The molecule has 112 valence electrons. The van der Waals surface area contributed by atoms with Gasteiger partial charge in [0.15, 0.2) is 11.6 Å². The van der Waals surface area contributed by atoms with Gasteiger partial charge in [-0.15, -0.1) is 0 Å². The zero-order valence-electron chi connectivity index (χ0n) is 11.8. The van der Waals surface area contributed by atoms with E-state index in [4.69, 9.17) is 4.74 Å². The van der Waals surface area contributed by atoms with Gasteiger partial charge in [-0.2, -0.15) is 0 Å². The first kappa shape index (κ1) is 16.7. The second kappa shape index (κ2) is 7.56. The van der Waals surface area contributed by atoms with E-state index in [-0.39, 0.29) is 17.6 Å². The molecule has 0 aliphatic rings. The monoisotopic (exact) mass is 463 g/mol. The number of halogens is 3. The molecule has 2 nitrogen and oxygen atoms in total. The van der Waals surface area contributed by atoms with Crippen LogP contribution in [0.15, 0.2) is 40.9 Å². The molecular formula is C16H16BrFINO. The summed E-state index contributed by atoms with van der Waals surface area (Å²) in [5.74, 6) is -0.0826. The molecule has 0 spiro atoms. The zero-order chi connectivity index (χ0) is 15.4. The van der Waals surface area contributed by atoms with Crippen LogP contribution in [-0.2, 0) is 0 Å². The van der Waals surface area contributed by atoms with E-state index in [1.54, 1.807) is 6.07 Å². The van der Waals surface area contributed by atoms with Crippen molar-refractivity contribution >= 4 is 38.5 Å². The van der Waals surface area contributed by atoms with Gasteiger partial charge in [-0.05, 0) is 70.6 Å². The summed E-state index contributed by atoms with van der Waals surface area (Å²) in [6.45, 7) is 2.83. The van der Waals surface area contributed by atoms with Crippen molar-refractivity contribution < 1.29 is 9.13 Å². The van der Waals surface area contributed by atoms with Crippen LogP contribution in [-0.4, -0.2) is 13.7 Å². The minimum Gasteiger partial charge on any atom is -0.494 e. The van der Waals surface area contributed by atoms with Gasteiger partial charge in [0.1, 0.15) is 0 Å². The molecule has 21 heavy (non-hydrogen) atoms. The maximum absolute atomic E-state index is 14.0. The van der Waals surface area contributed by atoms with Crippen LogP contribution in [0, 0.1) is 9.39 Å². The Morgan fingerprint density at radius 2 is 2.05 bits per heavy atom. The van der Waals surface area contributed by atoms with Gasteiger partial charge in [-0.3, -0.25) is 0 Å². The van der Waals surface area contributed by atoms with Gasteiger partial charge >= 0.3 is 0 Å². The van der Waals surface area contributed by atoms with Crippen LogP contribution in [0.2, 0.25) is 0 Å². The molecular weight excluding hydrogens is 448 g/mol. The largest absolute Gasteiger partial charge is 0.494 e. The first-order valence-corrected chi connectivity index (χ1v) is 8.45. The third kappa shape index (κ3) is 3.96. The highest BCUT2D eigenvalue weighted by atomic mass is 127. The second-order valence-corrected chi connectivity index (χ2v) is 6.63. The lowest BCUT2D eigenvalue weighted by molar-refractivity contribution is 0.385. The number of rotatable bonds is 5. The molecule has 0 saturated carbocycles. The van der Waals surface area contributed by atoms with E-state index in [1.165, 1.54) is 13.2 Å². The van der Waals surface area contributed by atoms with Crippen molar-refractivity contribution in [3.8, 4) is 5.75 Å². The Morgan fingerprint density at radius 3 is 2.67 bits per heavy atom. The Hall–Kier alpha value is -0.660. The lowest BCUT2D eigenvalue weighted by Crippen LogP contribution is -2.23. The number of hydrogen-bond donors (Lipinski definition) is 1. The Kier molecular flexibility index (Phi) is 6.01. The van der Waals surface area contributed by atoms with Crippen molar-refractivity contribution in [3.05, 3.63) is 61.4 Å². The van der Waals surface area contributed by atoms with Gasteiger partial charge in [0.05, 0.1) is 13.2 Å². The number of benzene rings is 2. The fourth-order valence-electron chi connectivity index (χ4n) is 2.21. The first-order chi connectivity index (χ1) is 10.1. The summed E-state index contributed by atoms with van der Waals surface area (Å²) in [5.41, 5.74) is 2.00. The lowest BCUT2D eigenvalue weighted by atomic mass is 9.98. The van der Waals surface area contributed by atoms with Crippen molar-refractivity contribution in [3.63, 3.8) is 0 Å². The van der Waals surface area contributed by atoms with Crippen LogP contribution in [0.25, 0.3) is 0 Å². The molecule has 0 bridgehead atoms. The highest BCUT2D eigenvalue weighted by molar-refractivity contribution is 14.1. The predicted molar refractivity (Wildman–Crippen MR) is 95.3 cm³/mol. The molecule has 1 N–H and O–H groups in total. The lowest BCUT2D eigenvalue weighted by Gasteiger charge is -2.21. The average Bonchev–Trinajstić information content (AvgIpc) is 2.47. The summed E-state index contributed by atoms with van der Waals surface area (Å²) >= 11 is 5.80. The number of nitrogens with one attached hydrogen (secondary N) is 1. The summed E-state index contributed by atoms with van der Waals surface area (Å²) in [7, 11) is 1.47. The third-order valence-electron chi connectivity index (χ3n) is 3.19.